The van der Waals surface area contributed by atoms with Crippen molar-refractivity contribution in [3.05, 3.63) is 54.1 Å². The first-order chi connectivity index (χ1) is 7.34. The Labute approximate surface area is 89.2 Å². The predicted octanol–water partition coefficient (Wildman–Crippen LogP) is 2.40. The van der Waals surface area contributed by atoms with E-state index in [1.165, 1.54) is 5.56 Å². The fraction of sp³-hybridized carbons (Fsp3) is 0.167. The number of nitrogens with zero attached hydrogens (tertiary/aromatic N) is 2. The highest BCUT2D eigenvalue weighted by Crippen LogP contribution is 2.10. The fourth-order valence-corrected chi connectivity index (χ4v) is 1.37. The SMILES string of the molecule is Cc1cccc(NCc2ccncn2)c1. The summed E-state index contributed by atoms with van der Waals surface area (Å²) in [5, 5.41) is 3.31. The van der Waals surface area contributed by atoms with Crippen LogP contribution in [0.2, 0.25) is 0 Å². The standard InChI is InChI=1S/C12H13N3/c1-10-3-2-4-11(7-10)14-8-12-5-6-13-9-15-12/h2-7,9,14H,8H2,1H3. The summed E-state index contributed by atoms with van der Waals surface area (Å²) in [6.07, 6.45) is 3.31. The molecule has 0 spiro atoms. The Hall–Kier alpha value is -1.90. The van der Waals surface area contributed by atoms with Crippen LogP contribution < -0.4 is 5.32 Å². The zero-order valence-corrected chi connectivity index (χ0v) is 8.64. The molecule has 0 aliphatic carbocycles. The molecule has 2 rings (SSSR count). The van der Waals surface area contributed by atoms with E-state index in [1.54, 1.807) is 12.5 Å². The van der Waals surface area contributed by atoms with Gasteiger partial charge in [-0.25, -0.2) is 9.97 Å². The molecule has 1 heterocycles. The quantitative estimate of drug-likeness (QED) is 0.824. The third-order valence-corrected chi connectivity index (χ3v) is 2.13. The number of hydrogen-bond donors (Lipinski definition) is 1. The lowest BCUT2D eigenvalue weighted by molar-refractivity contribution is 1.01. The second-order valence-corrected chi connectivity index (χ2v) is 3.42. The summed E-state index contributed by atoms with van der Waals surface area (Å²) in [6.45, 7) is 2.81. The molecular weight excluding hydrogens is 186 g/mol. The van der Waals surface area contributed by atoms with Gasteiger partial charge in [0.25, 0.3) is 0 Å². The molecule has 0 saturated carbocycles. The van der Waals surface area contributed by atoms with E-state index in [-0.39, 0.29) is 0 Å². The number of benzene rings is 1. The molecule has 0 fully saturated rings. The molecule has 76 valence electrons. The lowest BCUT2D eigenvalue weighted by Gasteiger charge is -2.05. The lowest BCUT2D eigenvalue weighted by atomic mass is 10.2. The average Bonchev–Trinajstić information content (AvgIpc) is 2.28. The minimum Gasteiger partial charge on any atom is -0.379 e. The number of aromatic nitrogens is 2. The summed E-state index contributed by atoms with van der Waals surface area (Å²) in [5.74, 6) is 0. The first-order valence-electron chi connectivity index (χ1n) is 4.90. The maximum atomic E-state index is 4.14. The summed E-state index contributed by atoms with van der Waals surface area (Å²) >= 11 is 0. The van der Waals surface area contributed by atoms with Gasteiger partial charge in [0, 0.05) is 11.9 Å². The largest absolute Gasteiger partial charge is 0.379 e. The van der Waals surface area contributed by atoms with Gasteiger partial charge in [0.05, 0.1) is 12.2 Å². The molecule has 0 bridgehead atoms. The smallest absolute Gasteiger partial charge is 0.115 e. The van der Waals surface area contributed by atoms with Gasteiger partial charge in [-0.1, -0.05) is 12.1 Å². The summed E-state index contributed by atoms with van der Waals surface area (Å²) in [6, 6.07) is 10.2. The monoisotopic (exact) mass is 199 g/mol. The molecule has 3 nitrogen and oxygen atoms in total. The Bertz CT molecular complexity index is 426. The van der Waals surface area contributed by atoms with Gasteiger partial charge in [-0.3, -0.25) is 0 Å². The van der Waals surface area contributed by atoms with Crippen molar-refractivity contribution in [2.75, 3.05) is 5.32 Å². The molecule has 0 aliphatic rings. The highest BCUT2D eigenvalue weighted by Gasteiger charge is 1.94. The van der Waals surface area contributed by atoms with Crippen molar-refractivity contribution in [3.8, 4) is 0 Å². The molecule has 3 heteroatoms. The van der Waals surface area contributed by atoms with Crippen LogP contribution in [0, 0.1) is 6.92 Å². The number of hydrogen-bond acceptors (Lipinski definition) is 3. The van der Waals surface area contributed by atoms with Crippen LogP contribution in [0.25, 0.3) is 0 Å². The molecule has 0 unspecified atom stereocenters. The second-order valence-electron chi connectivity index (χ2n) is 3.42. The Morgan fingerprint density at radius 1 is 1.27 bits per heavy atom. The van der Waals surface area contributed by atoms with Crippen molar-refractivity contribution in [1.29, 1.82) is 0 Å². The Balaban J connectivity index is 1.99. The van der Waals surface area contributed by atoms with Crippen LogP contribution in [0.4, 0.5) is 5.69 Å². The third kappa shape index (κ3) is 2.77. The van der Waals surface area contributed by atoms with E-state index in [0.717, 1.165) is 17.9 Å². The third-order valence-electron chi connectivity index (χ3n) is 2.13. The molecule has 0 atom stereocenters. The van der Waals surface area contributed by atoms with Crippen molar-refractivity contribution in [2.24, 2.45) is 0 Å². The molecule has 0 aliphatic heterocycles. The maximum Gasteiger partial charge on any atom is 0.115 e. The Kier molecular flexibility index (Phi) is 2.93. The van der Waals surface area contributed by atoms with E-state index in [1.807, 2.05) is 18.2 Å². The molecular formula is C12H13N3. The van der Waals surface area contributed by atoms with Gasteiger partial charge in [0.1, 0.15) is 6.33 Å². The van der Waals surface area contributed by atoms with Crippen molar-refractivity contribution in [3.63, 3.8) is 0 Å². The van der Waals surface area contributed by atoms with Crippen LogP contribution in [-0.2, 0) is 6.54 Å². The van der Waals surface area contributed by atoms with Gasteiger partial charge in [0.15, 0.2) is 0 Å². The highest BCUT2D eigenvalue weighted by molar-refractivity contribution is 5.45. The number of anilines is 1. The fourth-order valence-electron chi connectivity index (χ4n) is 1.37. The molecule has 1 aromatic heterocycles. The van der Waals surface area contributed by atoms with Crippen LogP contribution in [0.5, 0.6) is 0 Å². The van der Waals surface area contributed by atoms with Crippen LogP contribution in [0.15, 0.2) is 42.9 Å². The minimum atomic E-state index is 0.728. The minimum absolute atomic E-state index is 0.728. The molecule has 15 heavy (non-hydrogen) atoms. The van der Waals surface area contributed by atoms with Crippen LogP contribution in [0.3, 0.4) is 0 Å². The van der Waals surface area contributed by atoms with E-state index >= 15 is 0 Å². The summed E-state index contributed by atoms with van der Waals surface area (Å²) in [4.78, 5) is 8.02. The van der Waals surface area contributed by atoms with E-state index in [4.69, 9.17) is 0 Å². The van der Waals surface area contributed by atoms with E-state index in [9.17, 15) is 0 Å². The lowest BCUT2D eigenvalue weighted by Crippen LogP contribution is -2.01. The summed E-state index contributed by atoms with van der Waals surface area (Å²) in [5.41, 5.74) is 3.36. The van der Waals surface area contributed by atoms with Crippen LogP contribution in [0.1, 0.15) is 11.3 Å². The van der Waals surface area contributed by atoms with Gasteiger partial charge < -0.3 is 5.32 Å². The van der Waals surface area contributed by atoms with Gasteiger partial charge >= 0.3 is 0 Å². The normalized spacial score (nSPS) is 9.93. The summed E-state index contributed by atoms with van der Waals surface area (Å²) in [7, 11) is 0. The van der Waals surface area contributed by atoms with Crippen LogP contribution in [-0.4, -0.2) is 9.97 Å². The Morgan fingerprint density at radius 2 is 2.20 bits per heavy atom. The molecule has 0 radical (unpaired) electrons. The molecule has 0 saturated heterocycles. The van der Waals surface area contributed by atoms with E-state index < -0.39 is 0 Å². The zero-order chi connectivity index (χ0) is 10.5. The molecule has 1 aromatic carbocycles. The van der Waals surface area contributed by atoms with Crippen molar-refractivity contribution >= 4 is 5.69 Å². The van der Waals surface area contributed by atoms with Crippen molar-refractivity contribution < 1.29 is 0 Å². The highest BCUT2D eigenvalue weighted by atomic mass is 14.9. The van der Waals surface area contributed by atoms with E-state index in [0.29, 0.717) is 0 Å². The van der Waals surface area contributed by atoms with Gasteiger partial charge in [-0.2, -0.15) is 0 Å². The predicted molar refractivity (Wildman–Crippen MR) is 60.5 cm³/mol. The molecule has 2 aromatic rings. The average molecular weight is 199 g/mol. The first kappa shape index (κ1) is 9.65. The van der Waals surface area contributed by atoms with Gasteiger partial charge in [-0.05, 0) is 30.7 Å². The van der Waals surface area contributed by atoms with Crippen molar-refractivity contribution in [2.45, 2.75) is 13.5 Å². The number of aryl methyl sites for hydroxylation is 1. The zero-order valence-electron chi connectivity index (χ0n) is 8.64. The van der Waals surface area contributed by atoms with Gasteiger partial charge in [0.2, 0.25) is 0 Å². The van der Waals surface area contributed by atoms with Crippen LogP contribution >= 0.6 is 0 Å². The second kappa shape index (κ2) is 4.55. The topological polar surface area (TPSA) is 37.8 Å². The molecule has 1 N–H and O–H groups in total. The first-order valence-corrected chi connectivity index (χ1v) is 4.90. The maximum absolute atomic E-state index is 4.14. The Morgan fingerprint density at radius 3 is 2.93 bits per heavy atom. The number of nitrogens with one attached hydrogen (secondary N) is 1. The summed E-state index contributed by atoms with van der Waals surface area (Å²) < 4.78 is 0. The van der Waals surface area contributed by atoms with E-state index in [2.05, 4.69) is 34.3 Å². The molecule has 0 amide bonds. The van der Waals surface area contributed by atoms with Gasteiger partial charge in [-0.15, -0.1) is 0 Å². The number of rotatable bonds is 3. The van der Waals surface area contributed by atoms with Crippen molar-refractivity contribution in [1.82, 2.24) is 9.97 Å².